The Hall–Kier alpha value is -2.49. The van der Waals surface area contributed by atoms with Crippen LogP contribution in [-0.2, 0) is 22.6 Å². The van der Waals surface area contributed by atoms with E-state index >= 15 is 0 Å². The largest absolute Gasteiger partial charge is 0.395 e. The number of aliphatic hydroxyl groups excluding tert-OH is 2. The quantitative estimate of drug-likeness (QED) is 0.315. The van der Waals surface area contributed by atoms with Crippen LogP contribution in [0.1, 0.15) is 92.9 Å². The lowest BCUT2D eigenvalue weighted by Gasteiger charge is -2.56. The number of nitrogens with one attached hydrogen (secondary N) is 2. The first-order valence-electron chi connectivity index (χ1n) is 16.9. The van der Waals surface area contributed by atoms with Gasteiger partial charge >= 0.3 is 6.03 Å². The highest BCUT2D eigenvalue weighted by atomic mass is 16.7. The fraction of sp³-hybridized carbons (Fsp3) is 0.639. The molecule has 238 valence electrons. The maximum atomic E-state index is 13.0. The summed E-state index contributed by atoms with van der Waals surface area (Å²) in [7, 11) is 0. The second kappa shape index (κ2) is 12.7. The van der Waals surface area contributed by atoms with Gasteiger partial charge in [0.15, 0.2) is 6.29 Å². The van der Waals surface area contributed by atoms with Gasteiger partial charge in [-0.2, -0.15) is 0 Å². The number of nitrogens with zero attached hydrogens (tertiary/aromatic N) is 1. The van der Waals surface area contributed by atoms with Crippen LogP contribution in [0.25, 0.3) is 0 Å². The van der Waals surface area contributed by atoms with Gasteiger partial charge in [0.05, 0.1) is 25.4 Å². The molecule has 6 aliphatic rings. The summed E-state index contributed by atoms with van der Waals surface area (Å²) in [5.41, 5.74) is 3.93. The number of rotatable bonds is 9. The average molecular weight is 604 g/mol. The molecule has 0 aromatic heterocycles. The number of aliphatic hydroxyl groups is 2. The molecule has 5 atom stereocenters. The van der Waals surface area contributed by atoms with Gasteiger partial charge in [0.25, 0.3) is 0 Å². The number of likely N-dealkylation sites (tertiary alicyclic amines) is 1. The standard InChI is InChI=1S/C36H49N3O5/c1-23-32(20-39-12-2-3-31(39)22-41)43-34(44-33(23)29-8-6-25(21-40)7-9-29)30-10-4-24(5-11-30)19-37-35(42)38-36-16-26-13-27(17-36)15-28(14-26)18-36/h4-11,23,26-28,31-34,40-41H,2-3,12-22H2,1H3,(H2,37,38,42)/t23-,26?,27?,28?,31-,32+,33+,34+,36?/m0/s1. The minimum atomic E-state index is -0.532. The summed E-state index contributed by atoms with van der Waals surface area (Å²) >= 11 is 0. The summed E-state index contributed by atoms with van der Waals surface area (Å²) in [5.74, 6) is 2.49. The molecule has 4 bridgehead atoms. The van der Waals surface area contributed by atoms with Gasteiger partial charge in [0, 0.05) is 36.2 Å². The third-order valence-electron chi connectivity index (χ3n) is 11.4. The van der Waals surface area contributed by atoms with Crippen molar-refractivity contribution in [2.24, 2.45) is 23.7 Å². The minimum Gasteiger partial charge on any atom is -0.395 e. The van der Waals surface area contributed by atoms with E-state index in [4.69, 9.17) is 9.47 Å². The van der Waals surface area contributed by atoms with Gasteiger partial charge in [0.2, 0.25) is 0 Å². The van der Waals surface area contributed by atoms with Crippen LogP contribution in [0, 0.1) is 23.7 Å². The van der Waals surface area contributed by atoms with Gasteiger partial charge in [-0.1, -0.05) is 55.5 Å². The molecule has 2 aromatic carbocycles. The van der Waals surface area contributed by atoms with Crippen LogP contribution in [0.2, 0.25) is 0 Å². The van der Waals surface area contributed by atoms with Gasteiger partial charge in [-0.25, -0.2) is 4.79 Å². The molecule has 4 saturated carbocycles. The molecule has 2 amide bonds. The fourth-order valence-electron chi connectivity index (χ4n) is 9.43. The molecule has 0 unspecified atom stereocenters. The topological polar surface area (TPSA) is 103 Å². The summed E-state index contributed by atoms with van der Waals surface area (Å²) < 4.78 is 13.3. The van der Waals surface area contributed by atoms with E-state index in [0.717, 1.165) is 85.2 Å². The van der Waals surface area contributed by atoms with Crippen LogP contribution in [0.15, 0.2) is 48.5 Å². The number of carbonyl (C=O) groups is 1. The number of amides is 2. The molecule has 0 spiro atoms. The van der Waals surface area contributed by atoms with E-state index in [1.165, 1.54) is 19.3 Å². The Labute approximate surface area is 261 Å². The van der Waals surface area contributed by atoms with E-state index in [9.17, 15) is 15.0 Å². The van der Waals surface area contributed by atoms with Crippen molar-refractivity contribution in [2.45, 2.75) is 102 Å². The van der Waals surface area contributed by atoms with E-state index in [-0.39, 0.29) is 49.0 Å². The highest BCUT2D eigenvalue weighted by Gasteiger charge is 2.51. The van der Waals surface area contributed by atoms with Crippen LogP contribution >= 0.6 is 0 Å². The van der Waals surface area contributed by atoms with Crippen molar-refractivity contribution in [1.29, 1.82) is 0 Å². The van der Waals surface area contributed by atoms with Crippen LogP contribution in [0.5, 0.6) is 0 Å². The Bertz CT molecular complexity index is 1250. The van der Waals surface area contributed by atoms with E-state index in [1.54, 1.807) is 0 Å². The first kappa shape index (κ1) is 30.2. The first-order valence-corrected chi connectivity index (χ1v) is 16.9. The molecule has 6 fully saturated rings. The predicted molar refractivity (Wildman–Crippen MR) is 167 cm³/mol. The Kier molecular flexibility index (Phi) is 8.72. The smallest absolute Gasteiger partial charge is 0.315 e. The molecule has 2 saturated heterocycles. The van der Waals surface area contributed by atoms with E-state index in [2.05, 4.69) is 22.5 Å². The van der Waals surface area contributed by atoms with Crippen LogP contribution < -0.4 is 10.6 Å². The molecule has 8 nitrogen and oxygen atoms in total. The second-order valence-corrected chi connectivity index (χ2v) is 14.5. The van der Waals surface area contributed by atoms with Crippen molar-refractivity contribution in [2.75, 3.05) is 19.7 Å². The summed E-state index contributed by atoms with van der Waals surface area (Å²) in [6.07, 6.45) is 8.86. The Morgan fingerprint density at radius 3 is 2.18 bits per heavy atom. The van der Waals surface area contributed by atoms with Crippen molar-refractivity contribution in [1.82, 2.24) is 15.5 Å². The number of hydrogen-bond acceptors (Lipinski definition) is 6. The van der Waals surface area contributed by atoms with Crippen LogP contribution in [-0.4, -0.2) is 58.5 Å². The van der Waals surface area contributed by atoms with Crippen LogP contribution in [0.4, 0.5) is 4.79 Å². The van der Waals surface area contributed by atoms with Gasteiger partial charge in [-0.15, -0.1) is 0 Å². The number of carbonyl (C=O) groups excluding carboxylic acids is 1. The van der Waals surface area contributed by atoms with E-state index < -0.39 is 6.29 Å². The molecule has 2 aliphatic heterocycles. The van der Waals surface area contributed by atoms with Gasteiger partial charge in [0.1, 0.15) is 0 Å². The summed E-state index contributed by atoms with van der Waals surface area (Å²) in [6, 6.07) is 16.3. The monoisotopic (exact) mass is 603 g/mol. The highest BCUT2D eigenvalue weighted by Crippen LogP contribution is 2.55. The molecule has 0 radical (unpaired) electrons. The van der Waals surface area contributed by atoms with Crippen molar-refractivity contribution in [3.05, 3.63) is 70.8 Å². The molecular formula is C36H49N3O5. The molecule has 4 aliphatic carbocycles. The second-order valence-electron chi connectivity index (χ2n) is 14.5. The molecule has 2 heterocycles. The lowest BCUT2D eigenvalue weighted by Crippen LogP contribution is -2.61. The summed E-state index contributed by atoms with van der Waals surface area (Å²) in [6.45, 7) is 4.55. The molecule has 8 heteroatoms. The average Bonchev–Trinajstić information content (AvgIpc) is 3.47. The number of benzene rings is 2. The minimum absolute atomic E-state index is 0.00719. The van der Waals surface area contributed by atoms with Crippen molar-refractivity contribution < 1.29 is 24.5 Å². The van der Waals surface area contributed by atoms with Gasteiger partial charge < -0.3 is 30.3 Å². The summed E-state index contributed by atoms with van der Waals surface area (Å²) in [4.78, 5) is 15.3. The molecular weight excluding hydrogens is 554 g/mol. The molecule has 8 rings (SSSR count). The molecule has 44 heavy (non-hydrogen) atoms. The lowest BCUT2D eigenvalue weighted by atomic mass is 9.53. The maximum Gasteiger partial charge on any atom is 0.315 e. The Morgan fingerprint density at radius 2 is 1.55 bits per heavy atom. The van der Waals surface area contributed by atoms with Crippen molar-refractivity contribution in [3.8, 4) is 0 Å². The lowest BCUT2D eigenvalue weighted by molar-refractivity contribution is -0.276. The zero-order valence-electron chi connectivity index (χ0n) is 26.0. The predicted octanol–water partition coefficient (Wildman–Crippen LogP) is 5.20. The maximum absolute atomic E-state index is 13.0. The number of hydrogen-bond donors (Lipinski definition) is 4. The van der Waals surface area contributed by atoms with E-state index in [1.807, 2.05) is 48.5 Å². The zero-order valence-corrected chi connectivity index (χ0v) is 26.0. The number of urea groups is 1. The molecule has 2 aromatic rings. The zero-order chi connectivity index (χ0) is 30.3. The van der Waals surface area contributed by atoms with E-state index in [0.29, 0.717) is 6.54 Å². The third kappa shape index (κ3) is 6.29. The van der Waals surface area contributed by atoms with Crippen molar-refractivity contribution in [3.63, 3.8) is 0 Å². The summed E-state index contributed by atoms with van der Waals surface area (Å²) in [5, 5.41) is 26.0. The Morgan fingerprint density at radius 1 is 0.909 bits per heavy atom. The molecule has 4 N–H and O–H groups in total. The first-order chi connectivity index (χ1) is 21.4. The van der Waals surface area contributed by atoms with Crippen LogP contribution in [0.3, 0.4) is 0 Å². The Balaban J connectivity index is 1.01. The van der Waals surface area contributed by atoms with Gasteiger partial charge in [-0.05, 0) is 92.4 Å². The SMILES string of the molecule is C[C@H]1[C@@H](CN2CCC[C@H]2CO)O[C@@H](c2ccc(CNC(=O)NC34CC5CC(CC(C5)C3)C4)cc2)O[C@H]1c1ccc(CO)cc1. The fourth-order valence-corrected chi connectivity index (χ4v) is 9.43. The van der Waals surface area contributed by atoms with Gasteiger partial charge in [-0.3, -0.25) is 4.90 Å². The number of ether oxygens (including phenoxy) is 2. The van der Waals surface area contributed by atoms with Crippen molar-refractivity contribution >= 4 is 6.03 Å². The third-order valence-corrected chi connectivity index (χ3v) is 11.4. The highest BCUT2D eigenvalue weighted by molar-refractivity contribution is 5.75. The normalized spacial score (nSPS) is 36.4.